The molecule has 0 saturated heterocycles. The van der Waals surface area contributed by atoms with Crippen molar-refractivity contribution >= 4 is 28.6 Å². The molecule has 3 aliphatic rings. The molecule has 4 bridgehead atoms. The second-order valence-corrected chi connectivity index (χ2v) is 12.7. The van der Waals surface area contributed by atoms with Gasteiger partial charge in [-0.05, 0) is 75.1 Å². The van der Waals surface area contributed by atoms with Gasteiger partial charge >= 0.3 is 0 Å². The highest BCUT2D eigenvalue weighted by Gasteiger charge is 2.38. The number of aromatic nitrogens is 1. The highest BCUT2D eigenvalue weighted by atomic mass is 32.2. The lowest BCUT2D eigenvalue weighted by Crippen LogP contribution is -2.66. The highest BCUT2D eigenvalue weighted by Crippen LogP contribution is 2.48. The van der Waals surface area contributed by atoms with Crippen LogP contribution in [0, 0.1) is 5.92 Å². The van der Waals surface area contributed by atoms with Crippen molar-refractivity contribution in [1.82, 2.24) is 19.7 Å². The fraction of sp³-hybridized carbons (Fsp3) is 0.531. The number of hydrogen-bond donors (Lipinski definition) is 2. The van der Waals surface area contributed by atoms with Gasteiger partial charge in [-0.25, -0.2) is 5.43 Å². The van der Waals surface area contributed by atoms with Crippen LogP contribution in [0.3, 0.4) is 0 Å². The number of carbonyl (C=O) groups is 1. The molecule has 2 N–H and O–H groups in total. The van der Waals surface area contributed by atoms with Crippen molar-refractivity contribution in [2.75, 3.05) is 20.0 Å². The topological polar surface area (TPSA) is 67.8 Å². The number of nitrogens with zero attached hydrogens (tertiary/aromatic N) is 2. The van der Waals surface area contributed by atoms with E-state index in [1.165, 1.54) is 59.8 Å². The lowest BCUT2D eigenvalue weighted by Gasteiger charge is -2.40. The van der Waals surface area contributed by atoms with Crippen molar-refractivity contribution in [3.05, 3.63) is 47.5 Å². The first kappa shape index (κ1) is 27.6. The lowest BCUT2D eigenvalue weighted by molar-refractivity contribution is -0.126. The van der Waals surface area contributed by atoms with Crippen molar-refractivity contribution in [3.63, 3.8) is 0 Å². The molecule has 3 atom stereocenters. The zero-order chi connectivity index (χ0) is 28.0. The van der Waals surface area contributed by atoms with Crippen LogP contribution in [-0.4, -0.2) is 46.4 Å². The number of hydrogen-bond acceptors (Lipinski definition) is 7. The van der Waals surface area contributed by atoms with E-state index in [1.807, 2.05) is 19.2 Å². The highest BCUT2D eigenvalue weighted by molar-refractivity contribution is 7.96. The Morgan fingerprint density at radius 2 is 1.95 bits per heavy atom. The maximum Gasteiger partial charge on any atom is 0.165 e. The van der Waals surface area contributed by atoms with Gasteiger partial charge in [0, 0.05) is 47.6 Å². The Balaban J connectivity index is 1.62. The van der Waals surface area contributed by atoms with Crippen molar-refractivity contribution in [2.24, 2.45) is 5.92 Å². The summed E-state index contributed by atoms with van der Waals surface area (Å²) < 4.78 is 16.9. The number of hydrazine groups is 1. The van der Waals surface area contributed by atoms with Crippen LogP contribution < -0.4 is 20.2 Å². The van der Waals surface area contributed by atoms with E-state index < -0.39 is 5.66 Å². The minimum atomic E-state index is -0.912. The predicted octanol–water partition coefficient (Wildman–Crippen LogP) is 6.25. The second kappa shape index (κ2) is 11.0. The van der Waals surface area contributed by atoms with Gasteiger partial charge in [-0.15, -0.1) is 0 Å². The molecule has 3 aromatic rings. The lowest BCUT2D eigenvalue weighted by atomic mass is 9.81. The fourth-order valence-corrected chi connectivity index (χ4v) is 7.44. The summed E-state index contributed by atoms with van der Waals surface area (Å²) in [5.41, 5.74) is 9.02. The molecule has 2 aliphatic heterocycles. The molecule has 0 spiro atoms. The van der Waals surface area contributed by atoms with Crippen LogP contribution in [0.1, 0.15) is 69.9 Å². The van der Waals surface area contributed by atoms with Crippen LogP contribution in [-0.2, 0) is 17.9 Å². The number of fused-ring (bicyclic) bond motifs is 4. The largest absolute Gasteiger partial charge is 0.497 e. The summed E-state index contributed by atoms with van der Waals surface area (Å²) in [6, 6.07) is 13.3. The average Bonchev–Trinajstić information content (AvgIpc) is 3.25. The maximum atomic E-state index is 13.0. The van der Waals surface area contributed by atoms with Crippen LogP contribution >= 0.6 is 11.9 Å². The van der Waals surface area contributed by atoms with Crippen molar-refractivity contribution in [1.29, 1.82) is 0 Å². The number of ketones is 1. The van der Waals surface area contributed by atoms with Crippen molar-refractivity contribution in [2.45, 2.75) is 83.6 Å². The van der Waals surface area contributed by atoms with Crippen molar-refractivity contribution < 1.29 is 14.3 Å². The normalized spacial score (nSPS) is 25.9. The van der Waals surface area contributed by atoms with E-state index in [0.29, 0.717) is 19.1 Å². The first-order valence-corrected chi connectivity index (χ1v) is 15.8. The van der Waals surface area contributed by atoms with Crippen LogP contribution in [0.2, 0.25) is 0 Å². The summed E-state index contributed by atoms with van der Waals surface area (Å²) >= 11 is 1.60. The van der Waals surface area contributed by atoms with Crippen LogP contribution in [0.5, 0.6) is 11.5 Å². The molecule has 7 nitrogen and oxygen atoms in total. The second-order valence-electron chi connectivity index (χ2n) is 11.9. The number of carbonyl (C=O) groups excluding carboxylic acids is 1. The van der Waals surface area contributed by atoms with Gasteiger partial charge in [0.15, 0.2) is 5.78 Å². The monoisotopic (exact) mass is 562 g/mol. The number of rotatable bonds is 4. The van der Waals surface area contributed by atoms with E-state index in [4.69, 9.17) is 9.47 Å². The minimum absolute atomic E-state index is 0.00306. The SMILES string of the molecule is COc1ccc2c(c1)OCC1Cn3c-2c(C2CCCCC2)c2ccc(cc23)CN(SC)NC(C)(C(C)=O)NC1C. The third-order valence-electron chi connectivity index (χ3n) is 9.32. The van der Waals surface area contributed by atoms with Crippen LogP contribution in [0.25, 0.3) is 22.2 Å². The molecule has 1 saturated carbocycles. The number of methoxy groups -OCH3 is 1. The molecular weight excluding hydrogens is 520 g/mol. The first-order valence-electron chi connectivity index (χ1n) is 14.7. The van der Waals surface area contributed by atoms with Crippen molar-refractivity contribution in [3.8, 4) is 22.8 Å². The molecule has 1 aromatic heterocycles. The Labute approximate surface area is 242 Å². The predicted molar refractivity (Wildman–Crippen MR) is 163 cm³/mol. The van der Waals surface area contributed by atoms with Gasteiger partial charge in [0.05, 0.1) is 19.4 Å². The molecule has 1 fully saturated rings. The van der Waals surface area contributed by atoms with Gasteiger partial charge < -0.3 is 14.0 Å². The Hall–Kier alpha value is -2.52. The third-order valence-corrected chi connectivity index (χ3v) is 9.98. The Morgan fingerprint density at radius 3 is 2.67 bits per heavy atom. The quantitative estimate of drug-likeness (QED) is 0.364. The third kappa shape index (κ3) is 4.93. The summed E-state index contributed by atoms with van der Waals surface area (Å²) in [5, 5.41) is 5.04. The standard InChI is InChI=1S/C32H42N4O3S/c1-20-24-18-35-28-15-22(17-36(40-5)34-32(3,33-20)21(2)37)11-13-26(28)30(23-9-7-6-8-10-23)31(35)27-14-12-25(38-4)16-29(27)39-19-24/h11-16,20,23-24,33-34H,6-10,17-19H2,1-5H3. The van der Waals surface area contributed by atoms with Gasteiger partial charge in [-0.3, -0.25) is 10.1 Å². The van der Waals surface area contributed by atoms with E-state index in [9.17, 15) is 4.79 Å². The van der Waals surface area contributed by atoms with Gasteiger partial charge in [-0.2, -0.15) is 4.41 Å². The summed E-state index contributed by atoms with van der Waals surface area (Å²) in [6.45, 7) is 7.79. The van der Waals surface area contributed by atoms with Gasteiger partial charge in [0.25, 0.3) is 0 Å². The molecule has 0 amide bonds. The summed E-state index contributed by atoms with van der Waals surface area (Å²) in [6.07, 6.45) is 8.38. The van der Waals surface area contributed by atoms with E-state index in [-0.39, 0.29) is 17.7 Å². The van der Waals surface area contributed by atoms with E-state index in [1.54, 1.807) is 26.0 Å². The number of ether oxygens (including phenoxy) is 2. The van der Waals surface area contributed by atoms with Gasteiger partial charge in [0.2, 0.25) is 0 Å². The molecule has 2 aromatic carbocycles. The Kier molecular flexibility index (Phi) is 7.63. The fourth-order valence-electron chi connectivity index (χ4n) is 6.89. The smallest absolute Gasteiger partial charge is 0.165 e. The number of Topliss-reactive ketones (excluding diaryl/α,β-unsaturated/α-hetero) is 1. The summed E-state index contributed by atoms with van der Waals surface area (Å²) in [5.74, 6) is 2.37. The zero-order valence-electron chi connectivity index (χ0n) is 24.4. The minimum Gasteiger partial charge on any atom is -0.497 e. The average molecular weight is 563 g/mol. The van der Waals surface area contributed by atoms with E-state index >= 15 is 0 Å². The first-order chi connectivity index (χ1) is 19.3. The molecule has 214 valence electrons. The van der Waals surface area contributed by atoms with E-state index in [0.717, 1.165) is 23.6 Å². The van der Waals surface area contributed by atoms with Crippen LogP contribution in [0.15, 0.2) is 36.4 Å². The molecule has 40 heavy (non-hydrogen) atoms. The number of nitrogens with one attached hydrogen (secondary N) is 2. The molecule has 3 heterocycles. The molecular formula is C32H42N4O3S. The Morgan fingerprint density at radius 1 is 1.15 bits per heavy atom. The summed E-state index contributed by atoms with van der Waals surface area (Å²) in [7, 11) is 1.71. The molecule has 1 aliphatic carbocycles. The molecule has 3 unspecified atom stereocenters. The van der Waals surface area contributed by atoms with Crippen LogP contribution in [0.4, 0.5) is 0 Å². The molecule has 0 radical (unpaired) electrons. The summed E-state index contributed by atoms with van der Waals surface area (Å²) in [4.78, 5) is 13.0. The Bertz CT molecular complexity index is 1410. The molecule has 8 heteroatoms. The van der Waals surface area contributed by atoms with E-state index in [2.05, 4.69) is 57.0 Å². The van der Waals surface area contributed by atoms with Gasteiger partial charge in [0.1, 0.15) is 17.2 Å². The van der Waals surface area contributed by atoms with Gasteiger partial charge in [-0.1, -0.05) is 43.3 Å². The molecule has 6 rings (SSSR count). The zero-order valence-corrected chi connectivity index (χ0v) is 25.2. The number of benzene rings is 2. The maximum absolute atomic E-state index is 13.0.